The first kappa shape index (κ1) is 13.8. The van der Waals surface area contributed by atoms with Crippen molar-refractivity contribution in [1.29, 1.82) is 5.41 Å². The zero-order valence-electron chi connectivity index (χ0n) is 11.3. The van der Waals surface area contributed by atoms with Gasteiger partial charge in [-0.3, -0.25) is 5.41 Å². The molecule has 0 amide bonds. The van der Waals surface area contributed by atoms with Gasteiger partial charge in [0.05, 0.1) is 0 Å². The van der Waals surface area contributed by atoms with Crippen LogP contribution in [0.4, 0.5) is 0 Å². The maximum Gasteiger partial charge on any atom is 0.250 e. The highest BCUT2D eigenvalue weighted by atomic mass is 28.4. The van der Waals surface area contributed by atoms with Crippen LogP contribution in [0.15, 0.2) is 24.3 Å². The Morgan fingerprint density at radius 3 is 2.35 bits per heavy atom. The Bertz CT molecular complexity index is 422. The largest absolute Gasteiger partial charge is 0.543 e. The highest BCUT2D eigenvalue weighted by Crippen LogP contribution is 2.37. The highest BCUT2D eigenvalue weighted by molar-refractivity contribution is 6.74. The molecule has 0 unspecified atom stereocenters. The molecule has 0 spiro atoms. The van der Waals surface area contributed by atoms with Crippen molar-refractivity contribution in [2.75, 3.05) is 0 Å². The average molecular weight is 250 g/mol. The molecule has 0 saturated carbocycles. The molecule has 1 rings (SSSR count). The second kappa shape index (κ2) is 4.53. The van der Waals surface area contributed by atoms with Crippen LogP contribution in [0.5, 0.6) is 5.75 Å². The molecule has 0 radical (unpaired) electrons. The predicted octanol–water partition coefficient (Wildman–Crippen LogP) is 3.35. The van der Waals surface area contributed by atoms with Gasteiger partial charge in [0.2, 0.25) is 8.32 Å². The molecular weight excluding hydrogens is 228 g/mol. The number of benzene rings is 1. The molecule has 0 aliphatic rings. The van der Waals surface area contributed by atoms with Gasteiger partial charge < -0.3 is 10.2 Å². The summed E-state index contributed by atoms with van der Waals surface area (Å²) in [5.74, 6) is 0.884. The van der Waals surface area contributed by atoms with E-state index in [2.05, 4.69) is 33.9 Å². The molecule has 0 atom stereocenters. The van der Waals surface area contributed by atoms with Crippen molar-refractivity contribution in [2.24, 2.45) is 5.73 Å². The Hall–Kier alpha value is -1.29. The molecule has 0 fully saturated rings. The predicted molar refractivity (Wildman–Crippen MR) is 75.3 cm³/mol. The summed E-state index contributed by atoms with van der Waals surface area (Å²) in [5, 5.41) is 7.59. The molecule has 0 heterocycles. The standard InChI is InChI=1S/C13H22N2OSi/c1-13(2,3)17(4,5)16-11-8-6-7-10(9-11)12(14)15/h6-9H,1-5H3,(H3,14,15). The summed E-state index contributed by atoms with van der Waals surface area (Å²) in [6.45, 7) is 11.0. The number of amidine groups is 1. The van der Waals surface area contributed by atoms with Gasteiger partial charge in [-0.05, 0) is 30.3 Å². The highest BCUT2D eigenvalue weighted by Gasteiger charge is 2.38. The lowest BCUT2D eigenvalue weighted by Crippen LogP contribution is -2.43. The average Bonchev–Trinajstić information content (AvgIpc) is 2.15. The molecule has 0 aliphatic carbocycles. The van der Waals surface area contributed by atoms with E-state index in [1.54, 1.807) is 0 Å². The molecule has 3 N–H and O–H groups in total. The van der Waals surface area contributed by atoms with Gasteiger partial charge in [-0.2, -0.15) is 0 Å². The van der Waals surface area contributed by atoms with E-state index in [1.165, 1.54) is 0 Å². The molecule has 94 valence electrons. The van der Waals surface area contributed by atoms with Crippen LogP contribution in [0.1, 0.15) is 26.3 Å². The minimum Gasteiger partial charge on any atom is -0.543 e. The van der Waals surface area contributed by atoms with E-state index in [0.717, 1.165) is 5.75 Å². The summed E-state index contributed by atoms with van der Waals surface area (Å²) >= 11 is 0. The fraction of sp³-hybridized carbons (Fsp3) is 0.462. The quantitative estimate of drug-likeness (QED) is 0.491. The van der Waals surface area contributed by atoms with E-state index in [9.17, 15) is 0 Å². The minimum absolute atomic E-state index is 0.0747. The van der Waals surface area contributed by atoms with Crippen molar-refractivity contribution >= 4 is 14.2 Å². The van der Waals surface area contributed by atoms with Gasteiger partial charge in [0.25, 0.3) is 0 Å². The number of nitrogen functional groups attached to an aromatic ring is 1. The molecule has 4 heteroatoms. The lowest BCUT2D eigenvalue weighted by molar-refractivity contribution is 0.492. The fourth-order valence-corrected chi connectivity index (χ4v) is 2.20. The van der Waals surface area contributed by atoms with Gasteiger partial charge in [0, 0.05) is 5.56 Å². The van der Waals surface area contributed by atoms with Gasteiger partial charge in [-0.15, -0.1) is 0 Å². The zero-order valence-corrected chi connectivity index (χ0v) is 12.3. The molecule has 1 aromatic rings. The Morgan fingerprint density at radius 2 is 1.88 bits per heavy atom. The fourth-order valence-electron chi connectivity index (χ4n) is 1.17. The molecule has 0 aliphatic heterocycles. The van der Waals surface area contributed by atoms with Crippen molar-refractivity contribution in [3.05, 3.63) is 29.8 Å². The van der Waals surface area contributed by atoms with Crippen molar-refractivity contribution in [3.8, 4) is 5.75 Å². The van der Waals surface area contributed by atoms with E-state index in [1.807, 2.05) is 24.3 Å². The molecule has 0 saturated heterocycles. The van der Waals surface area contributed by atoms with Crippen molar-refractivity contribution in [1.82, 2.24) is 0 Å². The SMILES string of the molecule is CC(C)(C)[Si](C)(C)Oc1cccc(C(=N)N)c1. The third kappa shape index (κ3) is 3.33. The summed E-state index contributed by atoms with van der Waals surface area (Å²) in [7, 11) is -1.81. The first-order valence-corrected chi connectivity index (χ1v) is 8.68. The smallest absolute Gasteiger partial charge is 0.250 e. The van der Waals surface area contributed by atoms with Crippen LogP contribution in [0.2, 0.25) is 18.1 Å². The Kier molecular flexibility index (Phi) is 3.67. The van der Waals surface area contributed by atoms with Crippen LogP contribution in [-0.4, -0.2) is 14.2 Å². The van der Waals surface area contributed by atoms with E-state index in [-0.39, 0.29) is 10.9 Å². The molecule has 17 heavy (non-hydrogen) atoms. The maximum atomic E-state index is 7.42. The molecular formula is C13H22N2OSi. The molecule has 1 aromatic carbocycles. The van der Waals surface area contributed by atoms with Crippen molar-refractivity contribution < 1.29 is 4.43 Å². The number of nitrogens with two attached hydrogens (primary N) is 1. The van der Waals surface area contributed by atoms with E-state index >= 15 is 0 Å². The van der Waals surface area contributed by atoms with Crippen LogP contribution in [0.25, 0.3) is 0 Å². The maximum absolute atomic E-state index is 7.42. The van der Waals surface area contributed by atoms with Crippen LogP contribution in [0.3, 0.4) is 0 Å². The summed E-state index contributed by atoms with van der Waals surface area (Å²) in [6.07, 6.45) is 0. The number of hydrogen-bond donors (Lipinski definition) is 2. The van der Waals surface area contributed by atoms with Crippen LogP contribution < -0.4 is 10.2 Å². The first-order valence-electron chi connectivity index (χ1n) is 5.77. The zero-order chi connectivity index (χ0) is 13.3. The number of hydrogen-bond acceptors (Lipinski definition) is 2. The summed E-state index contributed by atoms with van der Waals surface area (Å²) in [6, 6.07) is 7.45. The Labute approximate surface area is 105 Å². The van der Waals surface area contributed by atoms with Gasteiger partial charge in [-0.1, -0.05) is 32.9 Å². The van der Waals surface area contributed by atoms with Gasteiger partial charge in [-0.25, -0.2) is 0 Å². The van der Waals surface area contributed by atoms with Gasteiger partial charge >= 0.3 is 0 Å². The normalized spacial score (nSPS) is 12.3. The number of rotatable bonds is 3. The van der Waals surface area contributed by atoms with Crippen LogP contribution in [-0.2, 0) is 0 Å². The first-order chi connectivity index (χ1) is 7.63. The monoisotopic (exact) mass is 250 g/mol. The van der Waals surface area contributed by atoms with Crippen LogP contribution >= 0.6 is 0 Å². The second-order valence-electron chi connectivity index (χ2n) is 5.80. The molecule has 0 aromatic heterocycles. The Balaban J connectivity index is 2.96. The van der Waals surface area contributed by atoms with E-state index < -0.39 is 8.32 Å². The lowest BCUT2D eigenvalue weighted by atomic mass is 10.2. The topological polar surface area (TPSA) is 59.1 Å². The number of nitrogens with one attached hydrogen (secondary N) is 1. The third-order valence-electron chi connectivity index (χ3n) is 3.32. The minimum atomic E-state index is -1.81. The Morgan fingerprint density at radius 1 is 1.29 bits per heavy atom. The van der Waals surface area contributed by atoms with Crippen LogP contribution in [0, 0.1) is 5.41 Å². The molecule has 3 nitrogen and oxygen atoms in total. The summed E-state index contributed by atoms with van der Waals surface area (Å²) in [4.78, 5) is 0. The van der Waals surface area contributed by atoms with Crippen molar-refractivity contribution in [2.45, 2.75) is 38.9 Å². The molecule has 0 bridgehead atoms. The summed E-state index contributed by atoms with van der Waals surface area (Å²) in [5.41, 5.74) is 6.18. The lowest BCUT2D eigenvalue weighted by Gasteiger charge is -2.36. The van der Waals surface area contributed by atoms with E-state index in [4.69, 9.17) is 15.6 Å². The van der Waals surface area contributed by atoms with E-state index in [0.29, 0.717) is 5.56 Å². The second-order valence-corrected chi connectivity index (χ2v) is 10.5. The summed E-state index contributed by atoms with van der Waals surface area (Å²) < 4.78 is 6.14. The van der Waals surface area contributed by atoms with Crippen molar-refractivity contribution in [3.63, 3.8) is 0 Å². The third-order valence-corrected chi connectivity index (χ3v) is 7.68. The van der Waals surface area contributed by atoms with Gasteiger partial charge in [0.1, 0.15) is 11.6 Å². The van der Waals surface area contributed by atoms with Gasteiger partial charge in [0.15, 0.2) is 0 Å².